The van der Waals surface area contributed by atoms with E-state index in [-0.39, 0.29) is 23.2 Å². The second kappa shape index (κ2) is 10.3. The molecule has 0 saturated heterocycles. The van der Waals surface area contributed by atoms with Crippen LogP contribution in [-0.2, 0) is 13.2 Å². The first kappa shape index (κ1) is 23.8. The van der Waals surface area contributed by atoms with Crippen molar-refractivity contribution in [3.63, 3.8) is 0 Å². The number of nitrogens with zero attached hydrogens (tertiary/aromatic N) is 2. The topological polar surface area (TPSA) is 69.3 Å². The van der Waals surface area contributed by atoms with Crippen molar-refractivity contribution in [2.75, 3.05) is 5.32 Å². The zero-order valence-corrected chi connectivity index (χ0v) is 20.4. The van der Waals surface area contributed by atoms with Crippen LogP contribution < -0.4 is 10.1 Å². The van der Waals surface area contributed by atoms with E-state index in [1.165, 1.54) is 6.07 Å². The molecule has 6 nitrogen and oxygen atoms in total. The molecule has 170 valence electrons. The number of anilines is 1. The Morgan fingerprint density at radius 3 is 2.58 bits per heavy atom. The highest BCUT2D eigenvalue weighted by molar-refractivity contribution is 6.43. The lowest BCUT2D eigenvalue weighted by Crippen LogP contribution is -2.12. The van der Waals surface area contributed by atoms with Gasteiger partial charge in [-0.2, -0.15) is 5.10 Å². The van der Waals surface area contributed by atoms with Crippen LogP contribution in [0.25, 0.3) is 0 Å². The van der Waals surface area contributed by atoms with Gasteiger partial charge < -0.3 is 14.5 Å². The molecule has 4 aromatic rings. The SMILES string of the molecule is O=C(Nc1nn(Cc2ccc(Cl)c(Cl)c2)cc1Cl)c1ccc(COc2cccc(Cl)c2Cl)o1. The van der Waals surface area contributed by atoms with Gasteiger partial charge in [0.1, 0.15) is 28.2 Å². The minimum absolute atomic E-state index is 0.0619. The van der Waals surface area contributed by atoms with Crippen molar-refractivity contribution in [2.45, 2.75) is 13.2 Å². The third-order valence-corrected chi connectivity index (χ3v) is 6.27. The molecule has 2 aromatic heterocycles. The van der Waals surface area contributed by atoms with Crippen LogP contribution in [0.15, 0.2) is 59.1 Å². The van der Waals surface area contributed by atoms with Gasteiger partial charge in [0.05, 0.1) is 21.6 Å². The maximum Gasteiger partial charge on any atom is 0.292 e. The van der Waals surface area contributed by atoms with Crippen LogP contribution in [0.5, 0.6) is 5.75 Å². The number of hydrogen-bond acceptors (Lipinski definition) is 4. The summed E-state index contributed by atoms with van der Waals surface area (Å²) in [4.78, 5) is 12.6. The van der Waals surface area contributed by atoms with Gasteiger partial charge in [-0.15, -0.1) is 0 Å². The number of carbonyl (C=O) groups is 1. The average Bonchev–Trinajstić information content (AvgIpc) is 3.38. The molecule has 0 spiro atoms. The summed E-state index contributed by atoms with van der Waals surface area (Å²) in [5.41, 5.74) is 0.872. The van der Waals surface area contributed by atoms with Gasteiger partial charge >= 0.3 is 0 Å². The number of furan rings is 1. The fourth-order valence-corrected chi connectivity index (χ4v) is 3.74. The monoisotopic (exact) mass is 543 g/mol. The summed E-state index contributed by atoms with van der Waals surface area (Å²) in [6, 6.07) is 13.5. The summed E-state index contributed by atoms with van der Waals surface area (Å²) in [5, 5.41) is 8.80. The number of hydrogen-bond donors (Lipinski definition) is 1. The second-order valence-corrected chi connectivity index (χ2v) is 8.84. The van der Waals surface area contributed by atoms with Gasteiger partial charge in [0.15, 0.2) is 11.6 Å². The van der Waals surface area contributed by atoms with Crippen molar-refractivity contribution < 1.29 is 13.9 Å². The van der Waals surface area contributed by atoms with Gasteiger partial charge in [-0.05, 0) is 42.0 Å². The second-order valence-electron chi connectivity index (χ2n) is 6.83. The minimum atomic E-state index is -0.510. The molecule has 11 heteroatoms. The first-order valence-electron chi connectivity index (χ1n) is 9.44. The largest absolute Gasteiger partial charge is 0.484 e. The molecule has 1 N–H and O–H groups in total. The molecule has 33 heavy (non-hydrogen) atoms. The van der Waals surface area contributed by atoms with Crippen LogP contribution in [0.4, 0.5) is 5.82 Å². The molecule has 2 aromatic carbocycles. The summed E-state index contributed by atoms with van der Waals surface area (Å²) < 4.78 is 12.7. The van der Waals surface area contributed by atoms with Gasteiger partial charge in [-0.25, -0.2) is 0 Å². The molecule has 4 rings (SSSR count). The number of nitrogens with one attached hydrogen (secondary N) is 1. The Balaban J connectivity index is 1.39. The summed E-state index contributed by atoms with van der Waals surface area (Å²) in [6.45, 7) is 0.452. The predicted octanol–water partition coefficient (Wildman–Crippen LogP) is 7.62. The highest BCUT2D eigenvalue weighted by Gasteiger charge is 2.16. The third-order valence-electron chi connectivity index (χ3n) is 4.45. The molecule has 1 amide bonds. The molecular formula is C22H14Cl5N3O3. The number of carbonyl (C=O) groups excluding carboxylic acids is 1. The summed E-state index contributed by atoms with van der Waals surface area (Å²) in [6.07, 6.45) is 1.59. The van der Waals surface area contributed by atoms with E-state index in [2.05, 4.69) is 10.4 Å². The van der Waals surface area contributed by atoms with Crippen LogP contribution in [0.1, 0.15) is 21.9 Å². The highest BCUT2D eigenvalue weighted by atomic mass is 35.5. The first-order valence-corrected chi connectivity index (χ1v) is 11.3. The van der Waals surface area contributed by atoms with Gasteiger partial charge in [0, 0.05) is 6.20 Å². The Morgan fingerprint density at radius 2 is 1.79 bits per heavy atom. The molecule has 0 aliphatic carbocycles. The third kappa shape index (κ3) is 5.78. The van der Waals surface area contributed by atoms with Crippen molar-refractivity contribution in [3.8, 4) is 5.75 Å². The Kier molecular flexibility index (Phi) is 7.41. The van der Waals surface area contributed by atoms with Gasteiger partial charge in [0.25, 0.3) is 5.91 Å². The Morgan fingerprint density at radius 1 is 0.970 bits per heavy atom. The lowest BCUT2D eigenvalue weighted by atomic mass is 10.2. The molecule has 0 unspecified atom stereocenters. The maximum absolute atomic E-state index is 12.6. The Bertz CT molecular complexity index is 1320. The zero-order valence-electron chi connectivity index (χ0n) is 16.6. The van der Waals surface area contributed by atoms with Crippen LogP contribution >= 0.6 is 58.0 Å². The molecule has 0 aliphatic rings. The van der Waals surface area contributed by atoms with E-state index in [9.17, 15) is 4.79 Å². The Hall–Kier alpha value is -2.35. The molecule has 2 heterocycles. The van der Waals surface area contributed by atoms with Crippen molar-refractivity contribution in [3.05, 3.63) is 96.9 Å². The van der Waals surface area contributed by atoms with Crippen molar-refractivity contribution in [2.24, 2.45) is 0 Å². The number of rotatable bonds is 7. The smallest absolute Gasteiger partial charge is 0.292 e. The van der Waals surface area contributed by atoms with Crippen molar-refractivity contribution >= 4 is 69.7 Å². The summed E-state index contributed by atoms with van der Waals surface area (Å²) in [7, 11) is 0. The van der Waals surface area contributed by atoms with E-state index in [4.69, 9.17) is 67.2 Å². The van der Waals surface area contributed by atoms with Crippen molar-refractivity contribution in [1.82, 2.24) is 9.78 Å². The number of aromatic nitrogens is 2. The molecule has 0 bridgehead atoms. The molecule has 0 fully saturated rings. The quantitative estimate of drug-likeness (QED) is 0.259. The molecule has 0 atom stereocenters. The maximum atomic E-state index is 12.6. The number of benzene rings is 2. The van der Waals surface area contributed by atoms with Crippen LogP contribution in [0.2, 0.25) is 25.1 Å². The Labute approximate surface area is 213 Å². The molecular weight excluding hydrogens is 532 g/mol. The lowest BCUT2D eigenvalue weighted by molar-refractivity contribution is 0.0992. The van der Waals surface area contributed by atoms with Gasteiger partial charge in [0.2, 0.25) is 0 Å². The summed E-state index contributed by atoms with van der Waals surface area (Å²) in [5.74, 6) is 0.588. The van der Waals surface area contributed by atoms with E-state index >= 15 is 0 Å². The van der Waals surface area contributed by atoms with E-state index < -0.39 is 5.91 Å². The minimum Gasteiger partial charge on any atom is -0.484 e. The molecule has 0 radical (unpaired) electrons. The number of amides is 1. The molecule has 0 aliphatic heterocycles. The molecule has 0 saturated carbocycles. The van der Waals surface area contributed by atoms with E-state index in [1.807, 2.05) is 6.07 Å². The van der Waals surface area contributed by atoms with Crippen LogP contribution in [0, 0.1) is 0 Å². The van der Waals surface area contributed by atoms with E-state index in [0.717, 1.165) is 5.56 Å². The first-order chi connectivity index (χ1) is 15.8. The van der Waals surface area contributed by atoms with Gasteiger partial charge in [-0.3, -0.25) is 9.48 Å². The fraction of sp³-hybridized carbons (Fsp3) is 0.0909. The number of ether oxygens (including phenoxy) is 1. The van der Waals surface area contributed by atoms with E-state index in [1.54, 1.807) is 47.3 Å². The van der Waals surface area contributed by atoms with Crippen molar-refractivity contribution in [1.29, 1.82) is 0 Å². The lowest BCUT2D eigenvalue weighted by Gasteiger charge is -2.07. The van der Waals surface area contributed by atoms with Crippen LogP contribution in [-0.4, -0.2) is 15.7 Å². The fourth-order valence-electron chi connectivity index (χ4n) is 2.88. The van der Waals surface area contributed by atoms with Crippen LogP contribution in [0.3, 0.4) is 0 Å². The predicted molar refractivity (Wildman–Crippen MR) is 130 cm³/mol. The number of halogens is 5. The van der Waals surface area contributed by atoms with E-state index in [0.29, 0.717) is 38.1 Å². The standard InChI is InChI=1S/C22H14Cl5N3O3/c23-14-6-4-12(8-16(14)25)9-30-10-17(26)21(29-30)28-22(31)19-7-5-13(33-19)11-32-18-3-1-2-15(24)20(18)27/h1-8,10H,9,11H2,(H,28,29,31). The summed E-state index contributed by atoms with van der Waals surface area (Å²) >= 11 is 30.3. The van der Waals surface area contributed by atoms with Gasteiger partial charge in [-0.1, -0.05) is 70.1 Å². The zero-order chi connectivity index (χ0) is 23.5. The average molecular weight is 546 g/mol. The normalized spacial score (nSPS) is 10.9. The highest BCUT2D eigenvalue weighted by Crippen LogP contribution is 2.32.